The van der Waals surface area contributed by atoms with Crippen molar-refractivity contribution in [3.05, 3.63) is 65.3 Å². The number of ether oxygens (including phenoxy) is 1. The molecule has 9 heteroatoms. The Labute approximate surface area is 203 Å². The lowest BCUT2D eigenvalue weighted by Gasteiger charge is -2.37. The number of thioether (sulfide) groups is 1. The zero-order valence-electron chi connectivity index (χ0n) is 18.6. The zero-order chi connectivity index (χ0) is 23.2. The van der Waals surface area contributed by atoms with Crippen molar-refractivity contribution in [2.45, 2.75) is 12.1 Å². The number of carbonyl (C=O) groups excluding carboxylic acids is 1. The van der Waals surface area contributed by atoms with E-state index in [2.05, 4.69) is 31.2 Å². The summed E-state index contributed by atoms with van der Waals surface area (Å²) >= 11 is 7.44. The van der Waals surface area contributed by atoms with Crippen LogP contribution in [0.25, 0.3) is 0 Å². The zero-order valence-corrected chi connectivity index (χ0v) is 20.2. The van der Waals surface area contributed by atoms with Crippen LogP contribution in [0.1, 0.15) is 5.56 Å². The highest BCUT2D eigenvalue weighted by Crippen LogP contribution is 2.29. The largest absolute Gasteiger partial charge is 0.495 e. The number of nitrogens with zero attached hydrogens (tertiary/aromatic N) is 4. The molecular weight excluding hydrogens is 458 g/mol. The summed E-state index contributed by atoms with van der Waals surface area (Å²) in [6.07, 6.45) is 1.74. The van der Waals surface area contributed by atoms with Crippen LogP contribution in [0.4, 0.5) is 17.2 Å². The average Bonchev–Trinajstić information content (AvgIpc) is 2.85. The highest BCUT2D eigenvalue weighted by molar-refractivity contribution is 7.99. The number of anilines is 3. The molecule has 1 aliphatic rings. The predicted octanol–water partition coefficient (Wildman–Crippen LogP) is 4.50. The normalized spacial score (nSPS) is 13.7. The molecule has 33 heavy (non-hydrogen) atoms. The Morgan fingerprint density at radius 2 is 1.88 bits per heavy atom. The fourth-order valence-electron chi connectivity index (χ4n) is 3.64. The maximum absolute atomic E-state index is 12.3. The minimum atomic E-state index is -0.126. The summed E-state index contributed by atoms with van der Waals surface area (Å²) in [5, 5.41) is 4.07. The summed E-state index contributed by atoms with van der Waals surface area (Å²) in [6, 6.07) is 15.5. The minimum Gasteiger partial charge on any atom is -0.495 e. The van der Waals surface area contributed by atoms with Crippen molar-refractivity contribution < 1.29 is 9.53 Å². The molecule has 1 aliphatic heterocycles. The summed E-state index contributed by atoms with van der Waals surface area (Å²) in [4.78, 5) is 25.9. The molecule has 7 nitrogen and oxygen atoms in total. The van der Waals surface area contributed by atoms with Gasteiger partial charge in [-0.05, 0) is 42.8 Å². The number of benzene rings is 2. The molecule has 0 atom stereocenters. The highest BCUT2D eigenvalue weighted by Gasteiger charge is 2.21. The first-order chi connectivity index (χ1) is 16.0. The Bertz CT molecular complexity index is 1120. The number of aromatic nitrogens is 2. The molecule has 1 amide bonds. The Kier molecular flexibility index (Phi) is 7.57. The summed E-state index contributed by atoms with van der Waals surface area (Å²) < 4.78 is 5.50. The monoisotopic (exact) mass is 483 g/mol. The Hall–Kier alpha value is -2.97. The first-order valence-corrected chi connectivity index (χ1v) is 12.0. The van der Waals surface area contributed by atoms with Crippen molar-refractivity contribution in [1.82, 2.24) is 9.97 Å². The average molecular weight is 484 g/mol. The minimum absolute atomic E-state index is 0.126. The van der Waals surface area contributed by atoms with Gasteiger partial charge in [0.2, 0.25) is 5.91 Å². The molecular formula is C24H26ClN5O2S. The smallest absolute Gasteiger partial charge is 0.234 e. The standard InChI is InChI=1S/C24H26ClN5O2S/c1-17-7-8-18(15-19(17)25)27-23(31)16-33-24-26-10-9-22(28-24)30-13-11-29(12-14-30)20-5-3-4-6-21(20)32-2/h3-10,15H,11-14,16H2,1-2H3,(H,27,31). The number of hydrogen-bond donors (Lipinski definition) is 1. The molecule has 0 spiro atoms. The predicted molar refractivity (Wildman–Crippen MR) is 135 cm³/mol. The van der Waals surface area contributed by atoms with Crippen LogP contribution in [0.5, 0.6) is 5.75 Å². The number of para-hydroxylation sites is 2. The van der Waals surface area contributed by atoms with Crippen LogP contribution in [0.15, 0.2) is 59.9 Å². The van der Waals surface area contributed by atoms with Crippen molar-refractivity contribution in [2.24, 2.45) is 0 Å². The van der Waals surface area contributed by atoms with E-state index in [0.29, 0.717) is 15.9 Å². The molecule has 0 unspecified atom stereocenters. The van der Waals surface area contributed by atoms with Gasteiger partial charge in [-0.15, -0.1) is 0 Å². The van der Waals surface area contributed by atoms with Crippen molar-refractivity contribution in [3.8, 4) is 5.75 Å². The van der Waals surface area contributed by atoms with Crippen LogP contribution < -0.4 is 19.9 Å². The Balaban J connectivity index is 1.31. The van der Waals surface area contributed by atoms with E-state index in [1.165, 1.54) is 11.8 Å². The van der Waals surface area contributed by atoms with Gasteiger partial charge in [0.05, 0.1) is 18.6 Å². The molecule has 1 saturated heterocycles. The number of piperazine rings is 1. The lowest BCUT2D eigenvalue weighted by molar-refractivity contribution is -0.113. The molecule has 172 valence electrons. The number of amides is 1. The summed E-state index contributed by atoms with van der Waals surface area (Å²) in [7, 11) is 1.70. The lowest BCUT2D eigenvalue weighted by atomic mass is 10.2. The third kappa shape index (κ3) is 5.89. The van der Waals surface area contributed by atoms with Crippen LogP contribution in [-0.2, 0) is 4.79 Å². The molecule has 0 radical (unpaired) electrons. The molecule has 0 aliphatic carbocycles. The molecule has 0 bridgehead atoms. The van der Waals surface area contributed by atoms with Gasteiger partial charge >= 0.3 is 0 Å². The number of carbonyl (C=O) groups is 1. The maximum Gasteiger partial charge on any atom is 0.234 e. The molecule has 2 heterocycles. The van der Waals surface area contributed by atoms with E-state index in [-0.39, 0.29) is 11.7 Å². The quantitative estimate of drug-likeness (QED) is 0.391. The third-order valence-electron chi connectivity index (χ3n) is 5.44. The topological polar surface area (TPSA) is 70.6 Å². The van der Waals surface area contributed by atoms with Gasteiger partial charge < -0.3 is 19.9 Å². The number of rotatable bonds is 7. The van der Waals surface area contributed by atoms with Gasteiger partial charge in [0.25, 0.3) is 0 Å². The second-order valence-corrected chi connectivity index (χ2v) is 8.99. The van der Waals surface area contributed by atoms with Crippen molar-refractivity contribution in [3.63, 3.8) is 0 Å². The number of halogens is 1. The van der Waals surface area contributed by atoms with Crippen molar-refractivity contribution in [2.75, 3.05) is 54.2 Å². The second-order valence-electron chi connectivity index (χ2n) is 7.64. The highest BCUT2D eigenvalue weighted by atomic mass is 35.5. The maximum atomic E-state index is 12.3. The van der Waals surface area contributed by atoms with E-state index in [9.17, 15) is 4.79 Å². The van der Waals surface area contributed by atoms with Crippen molar-refractivity contribution in [1.29, 1.82) is 0 Å². The van der Waals surface area contributed by atoms with E-state index >= 15 is 0 Å². The van der Waals surface area contributed by atoms with Gasteiger partial charge in [0.15, 0.2) is 5.16 Å². The van der Waals surface area contributed by atoms with Gasteiger partial charge in [-0.1, -0.05) is 41.6 Å². The summed E-state index contributed by atoms with van der Waals surface area (Å²) in [5.74, 6) is 1.85. The molecule has 2 aromatic carbocycles. The van der Waals surface area contributed by atoms with Crippen LogP contribution in [0, 0.1) is 6.92 Å². The van der Waals surface area contributed by atoms with Crippen LogP contribution >= 0.6 is 23.4 Å². The SMILES string of the molecule is COc1ccccc1N1CCN(c2ccnc(SCC(=O)Nc3ccc(C)c(Cl)c3)n2)CC1. The molecule has 3 aromatic rings. The van der Waals surface area contributed by atoms with E-state index < -0.39 is 0 Å². The third-order valence-corrected chi connectivity index (χ3v) is 6.70. The van der Waals surface area contributed by atoms with Crippen LogP contribution in [0.3, 0.4) is 0 Å². The Morgan fingerprint density at radius 3 is 2.64 bits per heavy atom. The van der Waals surface area contributed by atoms with Gasteiger partial charge in [-0.2, -0.15) is 0 Å². The lowest BCUT2D eigenvalue weighted by Crippen LogP contribution is -2.47. The van der Waals surface area contributed by atoms with Crippen LogP contribution in [-0.4, -0.2) is 54.9 Å². The first kappa shape index (κ1) is 23.2. The Morgan fingerprint density at radius 1 is 1.12 bits per heavy atom. The van der Waals surface area contributed by atoms with E-state index in [1.54, 1.807) is 19.4 Å². The fraction of sp³-hybridized carbons (Fsp3) is 0.292. The van der Waals surface area contributed by atoms with Gasteiger partial charge in [0, 0.05) is 43.1 Å². The number of hydrogen-bond acceptors (Lipinski definition) is 7. The molecule has 0 saturated carbocycles. The van der Waals surface area contributed by atoms with E-state index in [1.807, 2.05) is 43.3 Å². The molecule has 1 fully saturated rings. The van der Waals surface area contributed by atoms with Crippen LogP contribution in [0.2, 0.25) is 5.02 Å². The molecule has 1 aromatic heterocycles. The van der Waals surface area contributed by atoms with E-state index in [0.717, 1.165) is 49.0 Å². The summed E-state index contributed by atoms with van der Waals surface area (Å²) in [5.41, 5.74) is 2.76. The molecule has 4 rings (SSSR count). The number of nitrogens with one attached hydrogen (secondary N) is 1. The van der Waals surface area contributed by atoms with Crippen molar-refractivity contribution >= 4 is 46.5 Å². The van der Waals surface area contributed by atoms with Gasteiger partial charge in [-0.25, -0.2) is 9.97 Å². The number of aryl methyl sites for hydroxylation is 1. The van der Waals surface area contributed by atoms with Gasteiger partial charge in [-0.3, -0.25) is 4.79 Å². The fourth-order valence-corrected chi connectivity index (χ4v) is 4.45. The first-order valence-electron chi connectivity index (χ1n) is 10.7. The van der Waals surface area contributed by atoms with E-state index in [4.69, 9.17) is 16.3 Å². The van der Waals surface area contributed by atoms with Gasteiger partial charge in [0.1, 0.15) is 11.6 Å². The second kappa shape index (κ2) is 10.8. The molecule has 1 N–H and O–H groups in total. The summed E-state index contributed by atoms with van der Waals surface area (Å²) in [6.45, 7) is 5.34. The number of methoxy groups -OCH3 is 1.